The van der Waals surface area contributed by atoms with Crippen molar-refractivity contribution < 1.29 is 9.66 Å². The highest BCUT2D eigenvalue weighted by Gasteiger charge is 2.23. The van der Waals surface area contributed by atoms with Crippen molar-refractivity contribution in [2.75, 3.05) is 13.7 Å². The molecule has 2 N–H and O–H groups in total. The van der Waals surface area contributed by atoms with E-state index >= 15 is 0 Å². The summed E-state index contributed by atoms with van der Waals surface area (Å²) < 4.78 is 4.94. The number of rotatable bonds is 4. The Morgan fingerprint density at radius 3 is 2.56 bits per heavy atom. The molecule has 88 valence electrons. The summed E-state index contributed by atoms with van der Waals surface area (Å²) >= 11 is 0. The smallest absolute Gasteiger partial charge is 0.311 e. The summed E-state index contributed by atoms with van der Waals surface area (Å²) in [5.74, 6) is 0.265. The number of hydrogen-bond acceptors (Lipinski definition) is 4. The second kappa shape index (κ2) is 4.49. The summed E-state index contributed by atoms with van der Waals surface area (Å²) in [5.41, 5.74) is 6.16. The van der Waals surface area contributed by atoms with Gasteiger partial charge in [-0.2, -0.15) is 0 Å². The van der Waals surface area contributed by atoms with Crippen LogP contribution in [0.5, 0.6) is 5.75 Å². The lowest BCUT2D eigenvalue weighted by Gasteiger charge is -2.22. The molecule has 0 aliphatic heterocycles. The van der Waals surface area contributed by atoms with E-state index < -0.39 is 4.92 Å². The van der Waals surface area contributed by atoms with Crippen LogP contribution in [0.2, 0.25) is 0 Å². The monoisotopic (exact) mass is 224 g/mol. The average Bonchev–Trinajstić information content (AvgIpc) is 2.28. The third kappa shape index (κ3) is 2.30. The third-order valence-electron chi connectivity index (χ3n) is 2.67. The molecule has 0 aliphatic rings. The molecular formula is C11H16N2O3. The van der Waals surface area contributed by atoms with Gasteiger partial charge in [0.25, 0.3) is 0 Å². The molecule has 1 aromatic rings. The molecule has 0 aliphatic carbocycles. The van der Waals surface area contributed by atoms with Crippen molar-refractivity contribution in [1.29, 1.82) is 0 Å². The van der Waals surface area contributed by atoms with Crippen LogP contribution in [-0.4, -0.2) is 18.6 Å². The van der Waals surface area contributed by atoms with Gasteiger partial charge >= 0.3 is 5.69 Å². The van der Waals surface area contributed by atoms with Gasteiger partial charge in [-0.1, -0.05) is 19.9 Å². The Morgan fingerprint density at radius 2 is 2.12 bits per heavy atom. The maximum atomic E-state index is 10.8. The summed E-state index contributed by atoms with van der Waals surface area (Å²) in [6.07, 6.45) is 0. The Balaban J connectivity index is 3.27. The molecular weight excluding hydrogens is 208 g/mol. The van der Waals surface area contributed by atoms with Crippen LogP contribution in [0.3, 0.4) is 0 Å². The normalized spacial score (nSPS) is 11.2. The molecule has 16 heavy (non-hydrogen) atoms. The van der Waals surface area contributed by atoms with Crippen molar-refractivity contribution in [2.45, 2.75) is 19.3 Å². The van der Waals surface area contributed by atoms with E-state index in [4.69, 9.17) is 10.5 Å². The fourth-order valence-electron chi connectivity index (χ4n) is 1.37. The minimum absolute atomic E-state index is 0.0264. The van der Waals surface area contributed by atoms with E-state index in [2.05, 4.69) is 0 Å². The van der Waals surface area contributed by atoms with E-state index in [1.165, 1.54) is 13.2 Å². The van der Waals surface area contributed by atoms with E-state index in [9.17, 15) is 10.1 Å². The van der Waals surface area contributed by atoms with Gasteiger partial charge in [-0.25, -0.2) is 0 Å². The first-order chi connectivity index (χ1) is 7.42. The number of hydrogen-bond donors (Lipinski definition) is 1. The maximum absolute atomic E-state index is 10.8. The van der Waals surface area contributed by atoms with Gasteiger partial charge in [0.15, 0.2) is 5.75 Å². The van der Waals surface area contributed by atoms with Crippen molar-refractivity contribution in [3.63, 3.8) is 0 Å². The van der Waals surface area contributed by atoms with Crippen LogP contribution in [-0.2, 0) is 5.41 Å². The molecule has 0 amide bonds. The highest BCUT2D eigenvalue weighted by molar-refractivity contribution is 5.50. The predicted octanol–water partition coefficient (Wildman–Crippen LogP) is 1.84. The van der Waals surface area contributed by atoms with E-state index in [1.807, 2.05) is 13.8 Å². The Hall–Kier alpha value is -1.62. The van der Waals surface area contributed by atoms with Crippen molar-refractivity contribution in [2.24, 2.45) is 5.73 Å². The van der Waals surface area contributed by atoms with Crippen molar-refractivity contribution >= 4 is 5.69 Å². The second-order valence-electron chi connectivity index (χ2n) is 4.23. The largest absolute Gasteiger partial charge is 0.490 e. The number of nitrogens with two attached hydrogens (primary N) is 1. The summed E-state index contributed by atoms with van der Waals surface area (Å²) in [6.45, 7) is 4.31. The van der Waals surface area contributed by atoms with Gasteiger partial charge in [-0.3, -0.25) is 10.1 Å². The fraction of sp³-hybridized carbons (Fsp3) is 0.455. The maximum Gasteiger partial charge on any atom is 0.311 e. The Morgan fingerprint density at radius 1 is 1.50 bits per heavy atom. The first kappa shape index (κ1) is 12.4. The minimum Gasteiger partial charge on any atom is -0.490 e. The van der Waals surface area contributed by atoms with Gasteiger partial charge in [0.1, 0.15) is 0 Å². The topological polar surface area (TPSA) is 78.4 Å². The lowest BCUT2D eigenvalue weighted by Crippen LogP contribution is -2.28. The van der Waals surface area contributed by atoms with Crippen LogP contribution in [0.25, 0.3) is 0 Å². The van der Waals surface area contributed by atoms with Gasteiger partial charge in [0.05, 0.1) is 12.0 Å². The van der Waals surface area contributed by atoms with Gasteiger partial charge < -0.3 is 10.5 Å². The minimum atomic E-state index is -0.449. The van der Waals surface area contributed by atoms with Crippen LogP contribution in [0.1, 0.15) is 19.4 Å². The highest BCUT2D eigenvalue weighted by atomic mass is 16.6. The molecule has 0 aromatic heterocycles. The standard InChI is InChI=1S/C11H16N2O3/c1-11(2,7-12)8-4-5-10(16-3)9(6-8)13(14)15/h4-6H,7,12H2,1-3H3. The van der Waals surface area contributed by atoms with E-state index in [0.717, 1.165) is 5.56 Å². The molecule has 0 unspecified atom stereocenters. The fourth-order valence-corrected chi connectivity index (χ4v) is 1.37. The molecule has 5 nitrogen and oxygen atoms in total. The van der Waals surface area contributed by atoms with Gasteiger partial charge in [-0.15, -0.1) is 0 Å². The van der Waals surface area contributed by atoms with E-state index in [1.54, 1.807) is 12.1 Å². The number of benzene rings is 1. The number of nitro groups is 1. The van der Waals surface area contributed by atoms with Crippen LogP contribution in [0.4, 0.5) is 5.69 Å². The molecule has 0 bridgehead atoms. The average molecular weight is 224 g/mol. The molecule has 0 atom stereocenters. The Labute approximate surface area is 94.4 Å². The molecule has 1 aromatic carbocycles. The zero-order chi connectivity index (χ0) is 12.3. The Kier molecular flexibility index (Phi) is 3.49. The molecule has 0 saturated heterocycles. The SMILES string of the molecule is COc1ccc(C(C)(C)CN)cc1[N+](=O)[O-]. The number of methoxy groups -OCH3 is 1. The third-order valence-corrected chi connectivity index (χ3v) is 2.67. The van der Waals surface area contributed by atoms with Gasteiger partial charge in [0.2, 0.25) is 0 Å². The van der Waals surface area contributed by atoms with Crippen molar-refractivity contribution in [1.82, 2.24) is 0 Å². The van der Waals surface area contributed by atoms with Crippen LogP contribution >= 0.6 is 0 Å². The zero-order valence-corrected chi connectivity index (χ0v) is 9.69. The first-order valence-electron chi connectivity index (χ1n) is 4.95. The van der Waals surface area contributed by atoms with Gasteiger partial charge in [-0.05, 0) is 11.6 Å². The zero-order valence-electron chi connectivity index (χ0n) is 9.69. The second-order valence-corrected chi connectivity index (χ2v) is 4.23. The van der Waals surface area contributed by atoms with E-state index in [0.29, 0.717) is 6.54 Å². The molecule has 1 rings (SSSR count). The molecule has 0 radical (unpaired) electrons. The van der Waals surface area contributed by atoms with Crippen molar-refractivity contribution in [3.05, 3.63) is 33.9 Å². The molecule has 0 saturated carbocycles. The molecule has 0 fully saturated rings. The van der Waals surface area contributed by atoms with Crippen LogP contribution < -0.4 is 10.5 Å². The molecule has 5 heteroatoms. The first-order valence-corrected chi connectivity index (χ1v) is 4.95. The number of ether oxygens (including phenoxy) is 1. The summed E-state index contributed by atoms with van der Waals surface area (Å²) in [5, 5.41) is 10.8. The lowest BCUT2D eigenvalue weighted by molar-refractivity contribution is -0.385. The predicted molar refractivity (Wildman–Crippen MR) is 61.7 cm³/mol. The number of nitrogens with zero attached hydrogens (tertiary/aromatic N) is 1. The lowest BCUT2D eigenvalue weighted by atomic mass is 9.84. The highest BCUT2D eigenvalue weighted by Crippen LogP contribution is 2.32. The number of nitro benzene ring substituents is 1. The summed E-state index contributed by atoms with van der Waals surface area (Å²) in [7, 11) is 1.41. The van der Waals surface area contributed by atoms with Crippen LogP contribution in [0.15, 0.2) is 18.2 Å². The van der Waals surface area contributed by atoms with Crippen LogP contribution in [0, 0.1) is 10.1 Å². The Bertz CT molecular complexity index is 402. The quantitative estimate of drug-likeness (QED) is 0.625. The summed E-state index contributed by atoms with van der Waals surface area (Å²) in [4.78, 5) is 10.4. The molecule has 0 spiro atoms. The summed E-state index contributed by atoms with van der Waals surface area (Å²) in [6, 6.07) is 4.93. The molecule has 0 heterocycles. The van der Waals surface area contributed by atoms with Crippen molar-refractivity contribution in [3.8, 4) is 5.75 Å². The van der Waals surface area contributed by atoms with Gasteiger partial charge in [0, 0.05) is 18.0 Å². The van der Waals surface area contributed by atoms with E-state index in [-0.39, 0.29) is 16.9 Å².